The van der Waals surface area contributed by atoms with Gasteiger partial charge in [0.15, 0.2) is 10.9 Å². The molecule has 104 valence electrons. The summed E-state index contributed by atoms with van der Waals surface area (Å²) < 4.78 is 1.77. The van der Waals surface area contributed by atoms with Crippen molar-refractivity contribution >= 4 is 34.5 Å². The molecule has 0 radical (unpaired) electrons. The fourth-order valence-electron chi connectivity index (χ4n) is 1.69. The molecule has 20 heavy (non-hydrogen) atoms. The van der Waals surface area contributed by atoms with Crippen molar-refractivity contribution in [1.29, 1.82) is 0 Å². The molecule has 0 amide bonds. The van der Waals surface area contributed by atoms with Crippen LogP contribution in [-0.4, -0.2) is 20.7 Å². The fourth-order valence-corrected chi connectivity index (χ4v) is 1.92. The topological polar surface area (TPSA) is 59.0 Å². The van der Waals surface area contributed by atoms with Gasteiger partial charge in [-0.25, -0.2) is 0 Å². The van der Waals surface area contributed by atoms with E-state index in [4.69, 9.17) is 12.2 Å². The maximum Gasteiger partial charge on any atom is 0.175 e. The minimum Gasteiger partial charge on any atom is -0.332 e. The Morgan fingerprint density at radius 1 is 1.25 bits per heavy atom. The molecule has 0 spiro atoms. The summed E-state index contributed by atoms with van der Waals surface area (Å²) in [5.74, 6) is 0.0447. The lowest BCUT2D eigenvalue weighted by Gasteiger charge is -2.10. The molecule has 0 aliphatic carbocycles. The number of carbonyl (C=O) groups is 1. The van der Waals surface area contributed by atoms with Crippen molar-refractivity contribution < 1.29 is 4.79 Å². The first-order valence-electron chi connectivity index (χ1n) is 6.15. The molecule has 0 unspecified atom stereocenters. The summed E-state index contributed by atoms with van der Waals surface area (Å²) in [6.07, 6.45) is 1.72. The van der Waals surface area contributed by atoms with Gasteiger partial charge in [0.1, 0.15) is 0 Å². The molecule has 6 heteroatoms. The third kappa shape index (κ3) is 3.21. The summed E-state index contributed by atoms with van der Waals surface area (Å²) in [6, 6.07) is 7.17. The summed E-state index contributed by atoms with van der Waals surface area (Å²) in [5.41, 5.74) is 3.37. The number of thiocarbonyl (C=S) groups is 1. The highest BCUT2D eigenvalue weighted by atomic mass is 32.1. The Morgan fingerprint density at radius 2 is 1.90 bits per heavy atom. The van der Waals surface area contributed by atoms with E-state index in [9.17, 15) is 4.79 Å². The van der Waals surface area contributed by atoms with Crippen molar-refractivity contribution in [1.82, 2.24) is 9.78 Å². The molecule has 0 saturated heterocycles. The average Bonchev–Trinajstić information content (AvgIpc) is 2.71. The molecule has 0 saturated carbocycles. The Bertz CT molecular complexity index is 646. The lowest BCUT2D eigenvalue weighted by Crippen LogP contribution is -2.19. The van der Waals surface area contributed by atoms with Gasteiger partial charge >= 0.3 is 0 Å². The Morgan fingerprint density at radius 3 is 2.40 bits per heavy atom. The molecule has 0 aliphatic heterocycles. The number of aromatic nitrogens is 2. The normalized spacial score (nSPS) is 10.2. The van der Waals surface area contributed by atoms with Crippen molar-refractivity contribution in [3.05, 3.63) is 41.7 Å². The first-order valence-corrected chi connectivity index (χ1v) is 6.56. The van der Waals surface area contributed by atoms with Gasteiger partial charge in [0.2, 0.25) is 0 Å². The highest BCUT2D eigenvalue weighted by molar-refractivity contribution is 7.80. The van der Waals surface area contributed by atoms with Crippen LogP contribution in [0.25, 0.3) is 0 Å². The van der Waals surface area contributed by atoms with Gasteiger partial charge in [0, 0.05) is 18.3 Å². The second kappa shape index (κ2) is 5.83. The van der Waals surface area contributed by atoms with E-state index in [0.29, 0.717) is 10.7 Å². The van der Waals surface area contributed by atoms with Crippen LogP contribution < -0.4 is 10.6 Å². The lowest BCUT2D eigenvalue weighted by atomic mass is 10.1. The molecule has 2 rings (SSSR count). The van der Waals surface area contributed by atoms with Gasteiger partial charge in [-0.1, -0.05) is 0 Å². The summed E-state index contributed by atoms with van der Waals surface area (Å²) in [6.45, 7) is 3.50. The zero-order chi connectivity index (χ0) is 14.7. The zero-order valence-electron chi connectivity index (χ0n) is 11.6. The Hall–Kier alpha value is -2.21. The van der Waals surface area contributed by atoms with Crippen LogP contribution in [0, 0.1) is 6.92 Å². The largest absolute Gasteiger partial charge is 0.332 e. The molecule has 0 bridgehead atoms. The highest BCUT2D eigenvalue weighted by Crippen LogP contribution is 2.14. The van der Waals surface area contributed by atoms with Crippen molar-refractivity contribution in [2.24, 2.45) is 7.05 Å². The maximum atomic E-state index is 11.2. The quantitative estimate of drug-likeness (QED) is 0.672. The van der Waals surface area contributed by atoms with E-state index in [0.717, 1.165) is 17.1 Å². The van der Waals surface area contributed by atoms with Crippen molar-refractivity contribution in [3.8, 4) is 0 Å². The third-order valence-electron chi connectivity index (χ3n) is 3.03. The van der Waals surface area contributed by atoms with E-state index in [1.54, 1.807) is 29.9 Å². The summed E-state index contributed by atoms with van der Waals surface area (Å²) in [4.78, 5) is 11.2. The van der Waals surface area contributed by atoms with E-state index >= 15 is 0 Å². The number of Topliss-reactive ketones (excluding diaryl/α,β-unsaturated/α-hetero) is 1. The molecule has 0 fully saturated rings. The molecular formula is C14H16N4OS. The van der Waals surface area contributed by atoms with Crippen LogP contribution in [0.3, 0.4) is 0 Å². The van der Waals surface area contributed by atoms with E-state index in [1.165, 1.54) is 0 Å². The minimum atomic E-state index is 0.0447. The molecule has 1 aromatic carbocycles. The van der Waals surface area contributed by atoms with Gasteiger partial charge < -0.3 is 10.6 Å². The minimum absolute atomic E-state index is 0.0447. The van der Waals surface area contributed by atoms with Gasteiger partial charge in [0.05, 0.1) is 17.6 Å². The highest BCUT2D eigenvalue weighted by Gasteiger charge is 2.06. The van der Waals surface area contributed by atoms with Crippen LogP contribution in [0.1, 0.15) is 23.0 Å². The molecule has 0 atom stereocenters. The van der Waals surface area contributed by atoms with Crippen molar-refractivity contribution in [2.45, 2.75) is 13.8 Å². The lowest BCUT2D eigenvalue weighted by molar-refractivity contribution is 0.101. The van der Waals surface area contributed by atoms with E-state index in [-0.39, 0.29) is 5.78 Å². The molecule has 5 nitrogen and oxygen atoms in total. The number of carbonyl (C=O) groups excluding carboxylic acids is 1. The van der Waals surface area contributed by atoms with Crippen LogP contribution >= 0.6 is 12.2 Å². The van der Waals surface area contributed by atoms with Gasteiger partial charge in [-0.05, 0) is 50.3 Å². The molecule has 2 aromatic rings. The Labute approximate surface area is 123 Å². The van der Waals surface area contributed by atoms with E-state index < -0.39 is 0 Å². The molecular weight excluding hydrogens is 272 g/mol. The van der Waals surface area contributed by atoms with E-state index in [1.807, 2.05) is 26.1 Å². The first kappa shape index (κ1) is 14.2. The van der Waals surface area contributed by atoms with Gasteiger partial charge in [-0.3, -0.25) is 9.48 Å². The average molecular weight is 288 g/mol. The second-order valence-corrected chi connectivity index (χ2v) is 4.89. The van der Waals surface area contributed by atoms with Crippen LogP contribution in [0.2, 0.25) is 0 Å². The number of hydrogen-bond acceptors (Lipinski definition) is 3. The van der Waals surface area contributed by atoms with Crippen LogP contribution in [0.4, 0.5) is 11.4 Å². The zero-order valence-corrected chi connectivity index (χ0v) is 12.4. The summed E-state index contributed by atoms with van der Waals surface area (Å²) in [5, 5.41) is 10.8. The molecule has 0 aliphatic rings. The van der Waals surface area contributed by atoms with Crippen LogP contribution in [-0.2, 0) is 7.05 Å². The number of anilines is 2. The van der Waals surface area contributed by atoms with Crippen molar-refractivity contribution in [2.75, 3.05) is 10.6 Å². The fraction of sp³-hybridized carbons (Fsp3) is 0.214. The number of benzene rings is 1. The van der Waals surface area contributed by atoms with Gasteiger partial charge in [-0.2, -0.15) is 5.10 Å². The molecule has 1 heterocycles. The second-order valence-electron chi connectivity index (χ2n) is 4.48. The van der Waals surface area contributed by atoms with Gasteiger partial charge in [-0.15, -0.1) is 0 Å². The smallest absolute Gasteiger partial charge is 0.175 e. The number of hydrogen-bond donors (Lipinski definition) is 2. The number of aryl methyl sites for hydroxylation is 1. The standard InChI is InChI=1S/C14H16N4OS/c1-9-13(8-15-18(9)3)17-14(20)16-12-6-4-11(5-7-12)10(2)19/h4-8H,1-3H3,(H2,16,17,20). The SMILES string of the molecule is CC(=O)c1ccc(NC(=S)Nc2cnn(C)c2C)cc1. The molecule has 1 aromatic heterocycles. The number of nitrogens with zero attached hydrogens (tertiary/aromatic N) is 2. The Balaban J connectivity index is 2.01. The molecule has 2 N–H and O–H groups in total. The van der Waals surface area contributed by atoms with Crippen LogP contribution in [0.5, 0.6) is 0 Å². The van der Waals surface area contributed by atoms with Gasteiger partial charge in [0.25, 0.3) is 0 Å². The van der Waals surface area contributed by atoms with E-state index in [2.05, 4.69) is 15.7 Å². The summed E-state index contributed by atoms with van der Waals surface area (Å²) >= 11 is 5.25. The monoisotopic (exact) mass is 288 g/mol. The van der Waals surface area contributed by atoms with Crippen molar-refractivity contribution in [3.63, 3.8) is 0 Å². The number of rotatable bonds is 3. The first-order chi connectivity index (χ1) is 9.47. The van der Waals surface area contributed by atoms with Crippen LogP contribution in [0.15, 0.2) is 30.5 Å². The maximum absolute atomic E-state index is 11.2. The predicted molar refractivity (Wildman–Crippen MR) is 84.2 cm³/mol. The predicted octanol–water partition coefficient (Wildman–Crippen LogP) is 2.74. The number of ketones is 1. The Kier molecular flexibility index (Phi) is 4.14. The third-order valence-corrected chi connectivity index (χ3v) is 3.24. The summed E-state index contributed by atoms with van der Waals surface area (Å²) in [7, 11) is 1.87. The number of nitrogens with one attached hydrogen (secondary N) is 2.